The van der Waals surface area contributed by atoms with Crippen LogP contribution in [0.3, 0.4) is 0 Å². The first kappa shape index (κ1) is 24.8. The number of carbonyl (C=O) groups excluding carboxylic acids is 1. The quantitative estimate of drug-likeness (QED) is 0.195. The van der Waals surface area contributed by atoms with Crippen molar-refractivity contribution in [3.05, 3.63) is 114 Å². The van der Waals surface area contributed by atoms with Crippen LogP contribution in [-0.4, -0.2) is 12.6 Å². The largest absolute Gasteiger partial charge is 0.491 e. The van der Waals surface area contributed by atoms with Gasteiger partial charge >= 0.3 is 5.97 Å². The predicted molar refractivity (Wildman–Crippen MR) is 134 cm³/mol. The zero-order valence-electron chi connectivity index (χ0n) is 19.7. The molecule has 0 aliphatic carbocycles. The molecule has 0 bridgehead atoms. The second-order valence-electron chi connectivity index (χ2n) is 7.90. The van der Waals surface area contributed by atoms with Gasteiger partial charge in [-0.2, -0.15) is 0 Å². The van der Waals surface area contributed by atoms with Crippen molar-refractivity contribution in [1.82, 2.24) is 0 Å². The molecule has 0 heterocycles. The van der Waals surface area contributed by atoms with Gasteiger partial charge in [-0.3, -0.25) is 0 Å². The van der Waals surface area contributed by atoms with Gasteiger partial charge in [0, 0.05) is 5.56 Å². The molecule has 0 amide bonds. The standard InChI is InChI=1S/C30H23F3O3/c1-3-5-19-6-8-21(9-7-19)24-15-16-25(29(33)28(24)32)30(34)36-23-13-10-20(11-14-23)22-12-17-27(35-4-2)26(31)18-22/h3,5-18H,4H2,1-2H3/b5-3+. The van der Waals surface area contributed by atoms with Gasteiger partial charge in [0.25, 0.3) is 0 Å². The van der Waals surface area contributed by atoms with Crippen LogP contribution >= 0.6 is 0 Å². The maximum atomic E-state index is 14.8. The van der Waals surface area contributed by atoms with Crippen LogP contribution in [0.5, 0.6) is 11.5 Å². The van der Waals surface area contributed by atoms with E-state index in [2.05, 4.69) is 0 Å². The summed E-state index contributed by atoms with van der Waals surface area (Å²) in [5.41, 5.74) is 2.24. The van der Waals surface area contributed by atoms with E-state index in [1.54, 1.807) is 55.5 Å². The average molecular weight is 489 g/mol. The second-order valence-corrected chi connectivity index (χ2v) is 7.90. The van der Waals surface area contributed by atoms with E-state index in [-0.39, 0.29) is 17.1 Å². The van der Waals surface area contributed by atoms with Crippen LogP contribution in [-0.2, 0) is 0 Å². The third-order valence-corrected chi connectivity index (χ3v) is 5.51. The molecule has 0 aromatic heterocycles. The van der Waals surface area contributed by atoms with Crippen LogP contribution in [0.4, 0.5) is 13.2 Å². The lowest BCUT2D eigenvalue weighted by molar-refractivity contribution is 0.0728. The predicted octanol–water partition coefficient (Wildman–Crippen LogP) is 8.09. The van der Waals surface area contributed by atoms with Crippen LogP contribution in [0, 0.1) is 17.5 Å². The minimum Gasteiger partial charge on any atom is -0.491 e. The number of benzene rings is 4. The molecule has 0 spiro atoms. The Labute approximate surface area is 207 Å². The maximum Gasteiger partial charge on any atom is 0.346 e. The van der Waals surface area contributed by atoms with Crippen molar-refractivity contribution in [2.45, 2.75) is 13.8 Å². The normalized spacial score (nSPS) is 11.0. The Morgan fingerprint density at radius 1 is 0.806 bits per heavy atom. The molecular formula is C30H23F3O3. The first-order valence-corrected chi connectivity index (χ1v) is 11.4. The zero-order valence-corrected chi connectivity index (χ0v) is 19.7. The molecular weight excluding hydrogens is 465 g/mol. The monoisotopic (exact) mass is 488 g/mol. The van der Waals surface area contributed by atoms with Gasteiger partial charge in [-0.1, -0.05) is 60.7 Å². The Kier molecular flexibility index (Phi) is 7.54. The third-order valence-electron chi connectivity index (χ3n) is 5.51. The summed E-state index contributed by atoms with van der Waals surface area (Å²) >= 11 is 0. The molecule has 3 nitrogen and oxygen atoms in total. The minimum atomic E-state index is -1.28. The lowest BCUT2D eigenvalue weighted by atomic mass is 10.0. The van der Waals surface area contributed by atoms with Crippen molar-refractivity contribution < 1.29 is 27.4 Å². The summed E-state index contributed by atoms with van der Waals surface area (Å²) in [5.74, 6) is -3.62. The van der Waals surface area contributed by atoms with Crippen molar-refractivity contribution in [1.29, 1.82) is 0 Å². The Morgan fingerprint density at radius 3 is 2.11 bits per heavy atom. The van der Waals surface area contributed by atoms with Gasteiger partial charge in [-0.15, -0.1) is 0 Å². The number of carbonyl (C=O) groups is 1. The molecule has 0 radical (unpaired) electrons. The molecule has 0 saturated carbocycles. The number of hydrogen-bond acceptors (Lipinski definition) is 3. The van der Waals surface area contributed by atoms with Gasteiger partial charge < -0.3 is 9.47 Å². The third kappa shape index (κ3) is 5.33. The topological polar surface area (TPSA) is 35.5 Å². The molecule has 4 aromatic rings. The molecule has 0 atom stereocenters. The minimum absolute atomic E-state index is 0.0445. The Morgan fingerprint density at radius 2 is 1.47 bits per heavy atom. The van der Waals surface area contributed by atoms with Crippen molar-refractivity contribution in [2.75, 3.05) is 6.61 Å². The summed E-state index contributed by atoms with van der Waals surface area (Å²) in [6, 6.07) is 20.4. The highest BCUT2D eigenvalue weighted by atomic mass is 19.2. The highest BCUT2D eigenvalue weighted by Crippen LogP contribution is 2.29. The van der Waals surface area contributed by atoms with Gasteiger partial charge in [0.1, 0.15) is 5.75 Å². The van der Waals surface area contributed by atoms with Crippen LogP contribution in [0.25, 0.3) is 28.3 Å². The van der Waals surface area contributed by atoms with Crippen molar-refractivity contribution in [2.24, 2.45) is 0 Å². The molecule has 0 aliphatic heterocycles. The molecule has 182 valence electrons. The SMILES string of the molecule is C/C=C/c1ccc(-c2ccc(C(=O)Oc3ccc(-c4ccc(OCC)c(F)c4)cc3)c(F)c2F)cc1. The summed E-state index contributed by atoms with van der Waals surface area (Å²) in [6.07, 6.45) is 3.77. The van der Waals surface area contributed by atoms with Gasteiger partial charge in [-0.05, 0) is 66.4 Å². The summed E-state index contributed by atoms with van der Waals surface area (Å²) in [4.78, 5) is 12.6. The fourth-order valence-corrected chi connectivity index (χ4v) is 3.73. The number of esters is 1. The first-order valence-electron chi connectivity index (χ1n) is 11.4. The fraction of sp³-hybridized carbons (Fsp3) is 0.100. The van der Waals surface area contributed by atoms with Gasteiger partial charge in [0.2, 0.25) is 0 Å². The molecule has 0 unspecified atom stereocenters. The summed E-state index contributed by atoms with van der Waals surface area (Å²) < 4.78 is 54.2. The van der Waals surface area contributed by atoms with Gasteiger partial charge in [0.15, 0.2) is 23.2 Å². The summed E-state index contributed by atoms with van der Waals surface area (Å²) in [5, 5.41) is 0. The summed E-state index contributed by atoms with van der Waals surface area (Å²) in [7, 11) is 0. The molecule has 4 rings (SSSR count). The van der Waals surface area contributed by atoms with E-state index >= 15 is 0 Å². The molecule has 4 aromatic carbocycles. The number of halogens is 3. The molecule has 0 N–H and O–H groups in total. The molecule has 0 aliphatic rings. The summed E-state index contributed by atoms with van der Waals surface area (Å²) in [6.45, 7) is 4.01. The van der Waals surface area contributed by atoms with E-state index in [1.807, 2.05) is 19.1 Å². The van der Waals surface area contributed by atoms with E-state index in [0.29, 0.717) is 23.3 Å². The molecule has 0 saturated heterocycles. The van der Waals surface area contributed by atoms with E-state index < -0.39 is 29.0 Å². The Bertz CT molecular complexity index is 1410. The zero-order chi connectivity index (χ0) is 25.7. The van der Waals surface area contributed by atoms with Crippen molar-refractivity contribution >= 4 is 12.0 Å². The van der Waals surface area contributed by atoms with Crippen LogP contribution in [0.2, 0.25) is 0 Å². The van der Waals surface area contributed by atoms with Gasteiger partial charge in [0.05, 0.1) is 12.2 Å². The lowest BCUT2D eigenvalue weighted by Crippen LogP contribution is -2.12. The van der Waals surface area contributed by atoms with Crippen molar-refractivity contribution in [3.8, 4) is 33.8 Å². The number of allylic oxidation sites excluding steroid dienone is 1. The molecule has 6 heteroatoms. The van der Waals surface area contributed by atoms with E-state index in [9.17, 15) is 18.0 Å². The highest BCUT2D eigenvalue weighted by molar-refractivity contribution is 5.92. The second kappa shape index (κ2) is 11.0. The molecule has 36 heavy (non-hydrogen) atoms. The van der Waals surface area contributed by atoms with E-state index in [0.717, 1.165) is 5.56 Å². The number of rotatable bonds is 7. The van der Waals surface area contributed by atoms with E-state index in [4.69, 9.17) is 9.47 Å². The molecule has 0 fully saturated rings. The smallest absolute Gasteiger partial charge is 0.346 e. The highest BCUT2D eigenvalue weighted by Gasteiger charge is 2.21. The number of ether oxygens (including phenoxy) is 2. The van der Waals surface area contributed by atoms with Crippen molar-refractivity contribution in [3.63, 3.8) is 0 Å². The lowest BCUT2D eigenvalue weighted by Gasteiger charge is -2.10. The Hall–Kier alpha value is -4.32. The van der Waals surface area contributed by atoms with Gasteiger partial charge in [-0.25, -0.2) is 18.0 Å². The van der Waals surface area contributed by atoms with E-state index in [1.165, 1.54) is 30.3 Å². The van der Waals surface area contributed by atoms with Crippen LogP contribution in [0.15, 0.2) is 84.9 Å². The van der Waals surface area contributed by atoms with Crippen LogP contribution in [0.1, 0.15) is 29.8 Å². The average Bonchev–Trinajstić information content (AvgIpc) is 2.88. The Balaban J connectivity index is 1.50. The maximum absolute atomic E-state index is 14.8. The number of hydrogen-bond donors (Lipinski definition) is 0. The first-order chi connectivity index (χ1) is 17.4. The van der Waals surface area contributed by atoms with Crippen LogP contribution < -0.4 is 9.47 Å². The fourth-order valence-electron chi connectivity index (χ4n) is 3.73.